The Hall–Kier alpha value is -0.980. The van der Waals surface area contributed by atoms with Gasteiger partial charge in [0.05, 0.1) is 0 Å². The number of hydrogen-bond donors (Lipinski definition) is 1. The lowest BCUT2D eigenvalue weighted by Crippen LogP contribution is -2.34. The summed E-state index contributed by atoms with van der Waals surface area (Å²) in [5.74, 6) is -0.235. The van der Waals surface area contributed by atoms with Crippen molar-refractivity contribution in [1.82, 2.24) is 9.62 Å². The Morgan fingerprint density at radius 3 is 2.67 bits per heavy atom. The van der Waals surface area contributed by atoms with E-state index in [0.717, 1.165) is 24.8 Å². The first-order valence-electron chi connectivity index (χ1n) is 7.42. The lowest BCUT2D eigenvalue weighted by Gasteiger charge is -2.22. The Kier molecular flexibility index (Phi) is 5.35. The van der Waals surface area contributed by atoms with E-state index in [4.69, 9.17) is 0 Å². The molecular weight excluding hydrogens is 291 g/mol. The van der Waals surface area contributed by atoms with E-state index in [0.29, 0.717) is 25.6 Å². The molecule has 1 aliphatic rings. The first kappa shape index (κ1) is 16.4. The van der Waals surface area contributed by atoms with E-state index in [1.54, 1.807) is 13.1 Å². The van der Waals surface area contributed by atoms with Crippen LogP contribution in [0.4, 0.5) is 4.39 Å². The van der Waals surface area contributed by atoms with Crippen molar-refractivity contribution in [3.63, 3.8) is 0 Å². The predicted molar refractivity (Wildman–Crippen MR) is 80.9 cm³/mol. The quantitative estimate of drug-likeness (QED) is 0.801. The maximum Gasteiger partial charge on any atom is 0.246 e. The van der Waals surface area contributed by atoms with Gasteiger partial charge in [-0.25, -0.2) is 12.8 Å². The Bertz CT molecular complexity index is 585. The minimum absolute atomic E-state index is 0.204. The Morgan fingerprint density at radius 1 is 1.38 bits per heavy atom. The van der Waals surface area contributed by atoms with Gasteiger partial charge in [-0.3, -0.25) is 0 Å². The third kappa shape index (κ3) is 4.02. The molecule has 6 heteroatoms. The van der Waals surface area contributed by atoms with E-state index in [9.17, 15) is 12.8 Å². The zero-order valence-corrected chi connectivity index (χ0v) is 13.4. The molecule has 1 aromatic carbocycles. The highest BCUT2D eigenvalue weighted by Crippen LogP contribution is 2.32. The van der Waals surface area contributed by atoms with Gasteiger partial charge >= 0.3 is 0 Å². The fourth-order valence-corrected chi connectivity index (χ4v) is 4.07. The van der Waals surface area contributed by atoms with Crippen LogP contribution in [0.3, 0.4) is 0 Å². The van der Waals surface area contributed by atoms with Gasteiger partial charge in [0, 0.05) is 19.6 Å². The topological polar surface area (TPSA) is 49.4 Å². The zero-order valence-electron chi connectivity index (χ0n) is 12.6. The van der Waals surface area contributed by atoms with Crippen molar-refractivity contribution in [3.05, 3.63) is 29.6 Å². The summed E-state index contributed by atoms with van der Waals surface area (Å²) >= 11 is 0. The summed E-state index contributed by atoms with van der Waals surface area (Å²) in [6, 6.07) is 4.29. The third-order valence-corrected chi connectivity index (χ3v) is 5.51. The normalized spacial score (nSPS) is 15.6. The average molecular weight is 314 g/mol. The standard InChI is InChI=1S/C15H23FN2O2S/c1-3-8-18(11-12-4-5-12)21(19,20)15-9-13(10-17-2)6-7-14(15)16/h6-7,9,12,17H,3-5,8,10-11H2,1-2H3. The van der Waals surface area contributed by atoms with E-state index < -0.39 is 15.8 Å². The van der Waals surface area contributed by atoms with Crippen molar-refractivity contribution in [1.29, 1.82) is 0 Å². The molecule has 118 valence electrons. The molecule has 1 fully saturated rings. The summed E-state index contributed by atoms with van der Waals surface area (Å²) in [7, 11) is -1.99. The molecule has 2 rings (SSSR count). The Balaban J connectivity index is 2.32. The molecule has 0 bridgehead atoms. The Morgan fingerprint density at radius 2 is 2.10 bits per heavy atom. The van der Waals surface area contributed by atoms with Crippen LogP contribution in [0, 0.1) is 11.7 Å². The molecule has 1 aromatic rings. The van der Waals surface area contributed by atoms with Crippen LogP contribution >= 0.6 is 0 Å². The van der Waals surface area contributed by atoms with Crippen molar-refractivity contribution >= 4 is 10.0 Å². The molecule has 0 amide bonds. The highest BCUT2D eigenvalue weighted by molar-refractivity contribution is 7.89. The molecule has 0 saturated heterocycles. The molecule has 4 nitrogen and oxygen atoms in total. The van der Waals surface area contributed by atoms with E-state index in [1.165, 1.54) is 16.4 Å². The van der Waals surface area contributed by atoms with Gasteiger partial charge in [-0.15, -0.1) is 0 Å². The lowest BCUT2D eigenvalue weighted by molar-refractivity contribution is 0.392. The van der Waals surface area contributed by atoms with Crippen molar-refractivity contribution in [2.24, 2.45) is 5.92 Å². The molecule has 1 N–H and O–H groups in total. The van der Waals surface area contributed by atoms with Crippen LogP contribution in [0.15, 0.2) is 23.1 Å². The maximum atomic E-state index is 14.0. The highest BCUT2D eigenvalue weighted by Gasteiger charge is 2.32. The van der Waals surface area contributed by atoms with Gasteiger partial charge in [0.1, 0.15) is 10.7 Å². The van der Waals surface area contributed by atoms with Crippen LogP contribution in [-0.4, -0.2) is 32.9 Å². The highest BCUT2D eigenvalue weighted by atomic mass is 32.2. The molecule has 0 heterocycles. The summed E-state index contributed by atoms with van der Waals surface area (Å²) in [4.78, 5) is -0.204. The third-order valence-electron chi connectivity index (χ3n) is 3.63. The van der Waals surface area contributed by atoms with Crippen LogP contribution in [-0.2, 0) is 16.6 Å². The van der Waals surface area contributed by atoms with Crippen molar-refractivity contribution in [3.8, 4) is 0 Å². The van der Waals surface area contributed by atoms with Gasteiger partial charge in [0.25, 0.3) is 0 Å². The number of rotatable bonds is 8. The maximum absolute atomic E-state index is 14.0. The first-order chi connectivity index (χ1) is 9.98. The minimum atomic E-state index is -3.76. The second-order valence-electron chi connectivity index (χ2n) is 5.60. The number of benzene rings is 1. The number of sulfonamides is 1. The number of halogens is 1. The molecule has 0 atom stereocenters. The Labute approximate surface area is 126 Å². The van der Waals surface area contributed by atoms with Gasteiger partial charge in [-0.05, 0) is 49.9 Å². The van der Waals surface area contributed by atoms with Gasteiger partial charge in [-0.2, -0.15) is 4.31 Å². The van der Waals surface area contributed by atoms with E-state index in [1.807, 2.05) is 6.92 Å². The van der Waals surface area contributed by atoms with E-state index in [2.05, 4.69) is 5.32 Å². The van der Waals surface area contributed by atoms with Crippen LogP contribution < -0.4 is 5.32 Å². The smallest absolute Gasteiger partial charge is 0.246 e. The molecule has 0 unspecified atom stereocenters. The summed E-state index contributed by atoms with van der Waals surface area (Å²) in [6.45, 7) is 3.39. The molecular formula is C15H23FN2O2S. The largest absolute Gasteiger partial charge is 0.316 e. The summed E-state index contributed by atoms with van der Waals surface area (Å²) in [5, 5.41) is 2.95. The molecule has 0 aromatic heterocycles. The molecule has 21 heavy (non-hydrogen) atoms. The fraction of sp³-hybridized carbons (Fsp3) is 0.600. The second kappa shape index (κ2) is 6.85. The summed E-state index contributed by atoms with van der Waals surface area (Å²) < 4.78 is 40.9. The van der Waals surface area contributed by atoms with Crippen molar-refractivity contribution < 1.29 is 12.8 Å². The van der Waals surface area contributed by atoms with Crippen LogP contribution in [0.2, 0.25) is 0 Å². The van der Waals surface area contributed by atoms with Crippen LogP contribution in [0.1, 0.15) is 31.7 Å². The van der Waals surface area contributed by atoms with Gasteiger partial charge in [0.2, 0.25) is 10.0 Å². The summed E-state index contributed by atoms with van der Waals surface area (Å²) in [6.07, 6.45) is 2.86. The summed E-state index contributed by atoms with van der Waals surface area (Å²) in [5.41, 5.74) is 0.764. The fourth-order valence-electron chi connectivity index (χ4n) is 2.35. The van der Waals surface area contributed by atoms with E-state index >= 15 is 0 Å². The lowest BCUT2D eigenvalue weighted by atomic mass is 10.2. The monoisotopic (exact) mass is 314 g/mol. The molecule has 0 spiro atoms. The SMILES string of the molecule is CCCN(CC1CC1)S(=O)(=O)c1cc(CNC)ccc1F. The van der Waals surface area contributed by atoms with Gasteiger partial charge in [0.15, 0.2) is 0 Å². The second-order valence-corrected chi connectivity index (χ2v) is 7.51. The van der Waals surface area contributed by atoms with Crippen LogP contribution in [0.25, 0.3) is 0 Å². The average Bonchev–Trinajstić information content (AvgIpc) is 3.24. The van der Waals surface area contributed by atoms with Crippen molar-refractivity contribution in [2.75, 3.05) is 20.1 Å². The zero-order chi connectivity index (χ0) is 15.5. The number of hydrogen-bond acceptors (Lipinski definition) is 3. The van der Waals surface area contributed by atoms with Crippen molar-refractivity contribution in [2.45, 2.75) is 37.6 Å². The molecule has 1 aliphatic carbocycles. The molecule has 1 saturated carbocycles. The van der Waals surface area contributed by atoms with Gasteiger partial charge < -0.3 is 5.32 Å². The first-order valence-corrected chi connectivity index (χ1v) is 8.86. The van der Waals surface area contributed by atoms with E-state index in [-0.39, 0.29) is 4.90 Å². The van der Waals surface area contributed by atoms with Gasteiger partial charge in [-0.1, -0.05) is 13.0 Å². The molecule has 0 aliphatic heterocycles. The molecule has 0 radical (unpaired) electrons. The number of nitrogens with zero attached hydrogens (tertiary/aromatic N) is 1. The number of nitrogens with one attached hydrogen (secondary N) is 1. The van der Waals surface area contributed by atoms with Crippen LogP contribution in [0.5, 0.6) is 0 Å². The predicted octanol–water partition coefficient (Wildman–Crippen LogP) is 2.36. The minimum Gasteiger partial charge on any atom is -0.316 e.